The predicted octanol–water partition coefficient (Wildman–Crippen LogP) is 9.32. The van der Waals surface area contributed by atoms with Crippen molar-refractivity contribution in [3.63, 3.8) is 0 Å². The number of fused-ring (bicyclic) bond motifs is 8. The summed E-state index contributed by atoms with van der Waals surface area (Å²) in [4.78, 5) is 3.68. The fourth-order valence-electron chi connectivity index (χ4n) is 6.36. The number of nitrogens with zero attached hydrogens (tertiary/aromatic N) is 1. The fraction of sp³-hybridized carbons (Fsp3) is 0.114. The molecule has 1 aliphatic carbocycles. The van der Waals surface area contributed by atoms with E-state index < -0.39 is 5.60 Å². The van der Waals surface area contributed by atoms with Crippen LogP contribution in [-0.2, 0) is 11.0 Å². The molecule has 0 bridgehead atoms. The van der Waals surface area contributed by atoms with Crippen molar-refractivity contribution in [2.45, 2.75) is 24.9 Å². The Kier molecular flexibility index (Phi) is 4.87. The summed E-state index contributed by atoms with van der Waals surface area (Å²) in [6.45, 7) is 11.9. The molecule has 7 rings (SSSR count). The van der Waals surface area contributed by atoms with Gasteiger partial charge in [-0.25, -0.2) is 13.6 Å². The van der Waals surface area contributed by atoms with Gasteiger partial charge in [0.25, 0.3) is 0 Å². The molecular weight excluding hydrogens is 488 g/mol. The molecule has 188 valence electrons. The molecule has 2 aliphatic rings. The first-order chi connectivity index (χ1) is 18.8. The van der Waals surface area contributed by atoms with E-state index in [0.717, 1.165) is 55.5 Å². The number of ether oxygens (including phenoxy) is 1. The van der Waals surface area contributed by atoms with Gasteiger partial charge in [0, 0.05) is 27.5 Å². The van der Waals surface area contributed by atoms with Crippen molar-refractivity contribution in [3.05, 3.63) is 148 Å². The highest BCUT2D eigenvalue weighted by Crippen LogP contribution is 2.58. The lowest BCUT2D eigenvalue weighted by Crippen LogP contribution is -2.35. The van der Waals surface area contributed by atoms with Gasteiger partial charge in [0.05, 0.1) is 6.57 Å². The molecule has 1 aliphatic heterocycles. The zero-order valence-corrected chi connectivity index (χ0v) is 21.4. The second-order valence-corrected chi connectivity index (χ2v) is 10.7. The third-order valence-electron chi connectivity index (χ3n) is 8.20. The first-order valence-corrected chi connectivity index (χ1v) is 12.9. The highest BCUT2D eigenvalue weighted by atomic mass is 19.1. The number of hydrogen-bond acceptors (Lipinski definition) is 1. The molecule has 0 saturated heterocycles. The summed E-state index contributed by atoms with van der Waals surface area (Å²) in [7, 11) is 0. The van der Waals surface area contributed by atoms with Gasteiger partial charge < -0.3 is 4.74 Å². The molecule has 0 fully saturated rings. The minimum atomic E-state index is -1.09. The Balaban J connectivity index is 1.55. The van der Waals surface area contributed by atoms with E-state index in [2.05, 4.69) is 43.0 Å². The van der Waals surface area contributed by atoms with Crippen LogP contribution in [-0.4, -0.2) is 0 Å². The van der Waals surface area contributed by atoms with Gasteiger partial charge in [0.15, 0.2) is 11.3 Å². The van der Waals surface area contributed by atoms with Crippen molar-refractivity contribution in [2.24, 2.45) is 0 Å². The molecule has 39 heavy (non-hydrogen) atoms. The molecule has 5 aromatic carbocycles. The van der Waals surface area contributed by atoms with Crippen LogP contribution in [0.2, 0.25) is 0 Å². The van der Waals surface area contributed by atoms with Gasteiger partial charge in [0.2, 0.25) is 0 Å². The van der Waals surface area contributed by atoms with Crippen LogP contribution in [0.4, 0.5) is 14.5 Å². The summed E-state index contributed by atoms with van der Waals surface area (Å²) in [5.74, 6) is 0.0521. The van der Waals surface area contributed by atoms with E-state index in [-0.39, 0.29) is 17.0 Å². The van der Waals surface area contributed by atoms with Crippen LogP contribution >= 0.6 is 0 Å². The van der Waals surface area contributed by atoms with Crippen LogP contribution in [0.15, 0.2) is 97.1 Å². The molecule has 0 amide bonds. The van der Waals surface area contributed by atoms with Gasteiger partial charge in [-0.2, -0.15) is 0 Å². The van der Waals surface area contributed by atoms with Crippen molar-refractivity contribution >= 4 is 22.5 Å². The third-order valence-corrected chi connectivity index (χ3v) is 8.20. The highest BCUT2D eigenvalue weighted by molar-refractivity contribution is 6.08. The van der Waals surface area contributed by atoms with Crippen LogP contribution in [0.1, 0.15) is 41.7 Å². The number of halogens is 2. The van der Waals surface area contributed by atoms with Crippen LogP contribution < -0.4 is 4.74 Å². The van der Waals surface area contributed by atoms with Crippen LogP contribution in [0.3, 0.4) is 0 Å². The molecule has 5 aromatic rings. The predicted molar refractivity (Wildman–Crippen MR) is 151 cm³/mol. The molecular formula is C35H23F2NO. The molecule has 1 heterocycles. The van der Waals surface area contributed by atoms with Crippen LogP contribution in [0.5, 0.6) is 5.75 Å². The zero-order chi connectivity index (χ0) is 26.9. The summed E-state index contributed by atoms with van der Waals surface area (Å²) < 4.78 is 35.0. The summed E-state index contributed by atoms with van der Waals surface area (Å²) in [6.07, 6.45) is 4.09. The molecule has 0 atom stereocenters. The normalized spacial score (nSPS) is 15.7. The van der Waals surface area contributed by atoms with E-state index >= 15 is 0 Å². The lowest BCUT2D eigenvalue weighted by atomic mass is 9.76. The Bertz CT molecular complexity index is 1830. The van der Waals surface area contributed by atoms with Crippen molar-refractivity contribution < 1.29 is 13.5 Å². The van der Waals surface area contributed by atoms with Crippen molar-refractivity contribution in [1.29, 1.82) is 0 Å². The maximum absolute atomic E-state index is 14.0. The van der Waals surface area contributed by atoms with E-state index in [1.165, 1.54) is 24.3 Å². The SMILES string of the molecule is [C-]#[N+]c1ccc2c(c1)C(C)(C)c1c3c(c4ccccc4c1-2)OC(c1ccc(F)cc1)(c1ccc(F)cc1)C=C3. The largest absolute Gasteiger partial charge is 0.472 e. The molecule has 2 nitrogen and oxygen atoms in total. The van der Waals surface area contributed by atoms with Gasteiger partial charge in [-0.15, -0.1) is 0 Å². The zero-order valence-electron chi connectivity index (χ0n) is 21.4. The Labute approximate surface area is 225 Å². The highest BCUT2D eigenvalue weighted by Gasteiger charge is 2.44. The van der Waals surface area contributed by atoms with E-state index in [1.807, 2.05) is 30.3 Å². The molecule has 0 N–H and O–H groups in total. The second-order valence-electron chi connectivity index (χ2n) is 10.7. The molecule has 0 spiro atoms. The molecule has 0 unspecified atom stereocenters. The van der Waals surface area contributed by atoms with Gasteiger partial charge in [-0.1, -0.05) is 86.7 Å². The van der Waals surface area contributed by atoms with Crippen LogP contribution in [0.25, 0.3) is 32.8 Å². The molecule has 0 aromatic heterocycles. The van der Waals surface area contributed by atoms with Crippen LogP contribution in [0, 0.1) is 18.2 Å². The number of rotatable bonds is 2. The minimum Gasteiger partial charge on any atom is -0.472 e. The number of hydrogen-bond donors (Lipinski definition) is 0. The average Bonchev–Trinajstić information content (AvgIpc) is 3.20. The monoisotopic (exact) mass is 511 g/mol. The minimum absolute atomic E-state index is 0.338. The standard InChI is InChI=1S/C35H23F2NO/c1-34(2)30-20-25(38-3)16-17-28(30)31-26-6-4-5-7-27(26)33-29(32(31)34)18-19-35(39-33,21-8-12-23(36)13-9-21)22-10-14-24(37)15-11-22/h4-20H,1-2H3. The summed E-state index contributed by atoms with van der Waals surface area (Å²) in [5, 5.41) is 2.03. The maximum Gasteiger partial charge on any atom is 0.187 e. The Hall–Kier alpha value is -4.75. The first-order valence-electron chi connectivity index (χ1n) is 12.9. The van der Waals surface area contributed by atoms with E-state index in [4.69, 9.17) is 11.3 Å². The lowest BCUT2D eigenvalue weighted by Gasteiger charge is -2.38. The van der Waals surface area contributed by atoms with Crippen molar-refractivity contribution in [2.75, 3.05) is 0 Å². The number of benzene rings is 5. The average molecular weight is 512 g/mol. The van der Waals surface area contributed by atoms with E-state index in [9.17, 15) is 8.78 Å². The summed E-state index contributed by atoms with van der Waals surface area (Å²) in [5.41, 5.74) is 6.17. The Morgan fingerprint density at radius 1 is 0.769 bits per heavy atom. The maximum atomic E-state index is 14.0. The topological polar surface area (TPSA) is 13.6 Å². The molecule has 0 radical (unpaired) electrons. The molecule has 4 heteroatoms. The van der Waals surface area contributed by atoms with Gasteiger partial charge in [0.1, 0.15) is 17.4 Å². The summed E-state index contributed by atoms with van der Waals surface area (Å²) >= 11 is 0. The summed E-state index contributed by atoms with van der Waals surface area (Å²) in [6, 6.07) is 26.7. The molecule has 0 saturated carbocycles. The second kappa shape index (κ2) is 8.12. The van der Waals surface area contributed by atoms with E-state index in [1.54, 1.807) is 24.3 Å². The quantitative estimate of drug-likeness (QED) is 0.215. The van der Waals surface area contributed by atoms with Gasteiger partial charge in [-0.3, -0.25) is 0 Å². The Morgan fingerprint density at radius 2 is 1.38 bits per heavy atom. The smallest absolute Gasteiger partial charge is 0.187 e. The Morgan fingerprint density at radius 3 is 2.00 bits per heavy atom. The fourth-order valence-corrected chi connectivity index (χ4v) is 6.36. The van der Waals surface area contributed by atoms with Gasteiger partial charge in [-0.05, 0) is 58.0 Å². The first kappa shape index (κ1) is 23.4. The van der Waals surface area contributed by atoms with Crippen molar-refractivity contribution in [3.8, 4) is 16.9 Å². The lowest BCUT2D eigenvalue weighted by molar-refractivity contribution is 0.163. The van der Waals surface area contributed by atoms with Crippen molar-refractivity contribution in [1.82, 2.24) is 0 Å². The van der Waals surface area contributed by atoms with Gasteiger partial charge >= 0.3 is 0 Å². The van der Waals surface area contributed by atoms with E-state index in [0.29, 0.717) is 5.69 Å². The third kappa shape index (κ3) is 3.23.